The predicted molar refractivity (Wildman–Crippen MR) is 71.2 cm³/mol. The Morgan fingerprint density at radius 2 is 2.24 bits per heavy atom. The molecule has 0 radical (unpaired) electrons. The molecule has 0 aliphatic carbocycles. The monoisotopic (exact) mass is 255 g/mol. The maximum atomic E-state index is 11.4. The fourth-order valence-electron chi connectivity index (χ4n) is 1.44. The SMILES string of the molecule is CC(C)(O)CNC(=O)CCCCc1cccs1. The third-order valence-electron chi connectivity index (χ3n) is 2.38. The zero-order chi connectivity index (χ0) is 12.7. The summed E-state index contributed by atoms with van der Waals surface area (Å²) in [4.78, 5) is 12.8. The van der Waals surface area contributed by atoms with Crippen molar-refractivity contribution in [1.29, 1.82) is 0 Å². The van der Waals surface area contributed by atoms with Crippen molar-refractivity contribution in [2.45, 2.75) is 45.1 Å². The molecule has 2 N–H and O–H groups in total. The first-order valence-corrected chi connectivity index (χ1v) is 6.87. The van der Waals surface area contributed by atoms with Crippen LogP contribution in [0.3, 0.4) is 0 Å². The van der Waals surface area contributed by atoms with E-state index in [1.54, 1.807) is 25.2 Å². The molecule has 1 rings (SSSR count). The third kappa shape index (κ3) is 7.13. The Morgan fingerprint density at radius 3 is 2.82 bits per heavy atom. The minimum atomic E-state index is -0.827. The molecule has 17 heavy (non-hydrogen) atoms. The lowest BCUT2D eigenvalue weighted by molar-refractivity contribution is -0.122. The molecular formula is C13H21NO2S. The van der Waals surface area contributed by atoms with Crippen molar-refractivity contribution >= 4 is 17.2 Å². The molecule has 0 aromatic carbocycles. The van der Waals surface area contributed by atoms with Crippen LogP contribution in [0.5, 0.6) is 0 Å². The van der Waals surface area contributed by atoms with Crippen molar-refractivity contribution < 1.29 is 9.90 Å². The van der Waals surface area contributed by atoms with Gasteiger partial charge in [0, 0.05) is 17.8 Å². The van der Waals surface area contributed by atoms with E-state index in [4.69, 9.17) is 0 Å². The van der Waals surface area contributed by atoms with Gasteiger partial charge in [-0.1, -0.05) is 6.07 Å². The highest BCUT2D eigenvalue weighted by Crippen LogP contribution is 2.12. The van der Waals surface area contributed by atoms with Crippen LogP contribution in [0.2, 0.25) is 0 Å². The highest BCUT2D eigenvalue weighted by atomic mass is 32.1. The zero-order valence-corrected chi connectivity index (χ0v) is 11.3. The number of nitrogens with one attached hydrogen (secondary N) is 1. The normalized spacial score (nSPS) is 11.5. The molecule has 0 aliphatic heterocycles. The highest BCUT2D eigenvalue weighted by Gasteiger charge is 2.13. The van der Waals surface area contributed by atoms with Gasteiger partial charge in [-0.15, -0.1) is 11.3 Å². The van der Waals surface area contributed by atoms with Gasteiger partial charge in [-0.25, -0.2) is 0 Å². The number of hydrogen-bond acceptors (Lipinski definition) is 3. The maximum absolute atomic E-state index is 11.4. The largest absolute Gasteiger partial charge is 0.389 e. The summed E-state index contributed by atoms with van der Waals surface area (Å²) in [6.45, 7) is 3.69. The molecular weight excluding hydrogens is 234 g/mol. The topological polar surface area (TPSA) is 49.3 Å². The molecule has 0 atom stereocenters. The Morgan fingerprint density at radius 1 is 1.47 bits per heavy atom. The first kappa shape index (κ1) is 14.2. The van der Waals surface area contributed by atoms with Crippen LogP contribution in [0, 0.1) is 0 Å². The summed E-state index contributed by atoms with van der Waals surface area (Å²) in [7, 11) is 0. The second-order valence-electron chi connectivity index (χ2n) is 4.88. The minimum absolute atomic E-state index is 0.0262. The van der Waals surface area contributed by atoms with Crippen LogP contribution in [0.15, 0.2) is 17.5 Å². The fourth-order valence-corrected chi connectivity index (χ4v) is 2.19. The van der Waals surface area contributed by atoms with Gasteiger partial charge in [-0.05, 0) is 44.6 Å². The Labute approximate surface area is 107 Å². The molecule has 1 aromatic rings. The molecule has 0 bridgehead atoms. The minimum Gasteiger partial charge on any atom is -0.389 e. The van der Waals surface area contributed by atoms with Gasteiger partial charge in [-0.3, -0.25) is 4.79 Å². The van der Waals surface area contributed by atoms with Crippen LogP contribution in [-0.4, -0.2) is 23.2 Å². The first-order chi connectivity index (χ1) is 7.97. The van der Waals surface area contributed by atoms with Crippen LogP contribution < -0.4 is 5.32 Å². The van der Waals surface area contributed by atoms with Gasteiger partial charge in [0.2, 0.25) is 5.91 Å². The summed E-state index contributed by atoms with van der Waals surface area (Å²) < 4.78 is 0. The van der Waals surface area contributed by atoms with Gasteiger partial charge in [0.25, 0.3) is 0 Å². The van der Waals surface area contributed by atoms with Gasteiger partial charge in [-0.2, -0.15) is 0 Å². The Balaban J connectivity index is 2.04. The van der Waals surface area contributed by atoms with E-state index in [9.17, 15) is 9.90 Å². The molecule has 1 amide bonds. The highest BCUT2D eigenvalue weighted by molar-refractivity contribution is 7.09. The van der Waals surface area contributed by atoms with Gasteiger partial charge in [0.1, 0.15) is 0 Å². The Hall–Kier alpha value is -0.870. The molecule has 0 aliphatic rings. The average molecular weight is 255 g/mol. The number of amides is 1. The van der Waals surface area contributed by atoms with E-state index in [1.807, 2.05) is 0 Å². The average Bonchev–Trinajstić information content (AvgIpc) is 2.73. The van der Waals surface area contributed by atoms with Crippen LogP contribution in [0.25, 0.3) is 0 Å². The van der Waals surface area contributed by atoms with Gasteiger partial charge in [0.05, 0.1) is 5.60 Å². The molecule has 0 unspecified atom stereocenters. The van der Waals surface area contributed by atoms with Crippen LogP contribution in [0.1, 0.15) is 38.0 Å². The number of unbranched alkanes of at least 4 members (excludes halogenated alkanes) is 1. The first-order valence-electron chi connectivity index (χ1n) is 5.99. The molecule has 0 saturated carbocycles. The third-order valence-corrected chi connectivity index (χ3v) is 3.31. The van der Waals surface area contributed by atoms with E-state index in [1.165, 1.54) is 4.88 Å². The van der Waals surface area contributed by atoms with Crippen LogP contribution in [0.4, 0.5) is 0 Å². The number of hydrogen-bond donors (Lipinski definition) is 2. The molecule has 96 valence electrons. The maximum Gasteiger partial charge on any atom is 0.220 e. The second-order valence-corrected chi connectivity index (χ2v) is 5.91. The Bertz CT molecular complexity index is 328. The molecule has 0 fully saturated rings. The molecule has 1 aromatic heterocycles. The molecule has 4 heteroatoms. The van der Waals surface area contributed by atoms with E-state index >= 15 is 0 Å². The second kappa shape index (κ2) is 6.77. The number of aryl methyl sites for hydroxylation is 1. The molecule has 1 heterocycles. The van der Waals surface area contributed by atoms with E-state index < -0.39 is 5.60 Å². The van der Waals surface area contributed by atoms with Crippen molar-refractivity contribution in [1.82, 2.24) is 5.32 Å². The number of carbonyl (C=O) groups excluding carboxylic acids is 1. The van der Waals surface area contributed by atoms with Gasteiger partial charge < -0.3 is 10.4 Å². The lowest BCUT2D eigenvalue weighted by Gasteiger charge is -2.17. The summed E-state index contributed by atoms with van der Waals surface area (Å²) >= 11 is 1.76. The number of thiophene rings is 1. The summed E-state index contributed by atoms with van der Waals surface area (Å²) in [5, 5.41) is 14.3. The van der Waals surface area contributed by atoms with Crippen molar-refractivity contribution in [2.24, 2.45) is 0 Å². The number of carbonyl (C=O) groups is 1. The molecule has 0 saturated heterocycles. The van der Waals surface area contributed by atoms with Gasteiger partial charge in [0.15, 0.2) is 0 Å². The lowest BCUT2D eigenvalue weighted by Crippen LogP contribution is -2.38. The van der Waals surface area contributed by atoms with Gasteiger partial charge >= 0.3 is 0 Å². The van der Waals surface area contributed by atoms with E-state index in [2.05, 4.69) is 22.8 Å². The predicted octanol–water partition coefficient (Wildman–Crippen LogP) is 2.35. The molecule has 0 spiro atoms. The Kier molecular flexibility index (Phi) is 5.65. The van der Waals surface area contributed by atoms with Crippen molar-refractivity contribution in [3.8, 4) is 0 Å². The summed E-state index contributed by atoms with van der Waals surface area (Å²) in [6, 6.07) is 4.18. The quantitative estimate of drug-likeness (QED) is 0.735. The van der Waals surface area contributed by atoms with E-state index in [-0.39, 0.29) is 5.91 Å². The van der Waals surface area contributed by atoms with Crippen LogP contribution >= 0.6 is 11.3 Å². The van der Waals surface area contributed by atoms with E-state index in [0.717, 1.165) is 19.3 Å². The smallest absolute Gasteiger partial charge is 0.220 e. The van der Waals surface area contributed by atoms with Crippen molar-refractivity contribution in [3.63, 3.8) is 0 Å². The van der Waals surface area contributed by atoms with E-state index in [0.29, 0.717) is 13.0 Å². The van der Waals surface area contributed by atoms with Crippen molar-refractivity contribution in [3.05, 3.63) is 22.4 Å². The lowest BCUT2D eigenvalue weighted by atomic mass is 10.1. The summed E-state index contributed by atoms with van der Waals surface area (Å²) in [5.74, 6) is 0.0262. The number of rotatable bonds is 7. The van der Waals surface area contributed by atoms with Crippen LogP contribution in [-0.2, 0) is 11.2 Å². The molecule has 3 nitrogen and oxygen atoms in total. The fraction of sp³-hybridized carbons (Fsp3) is 0.615. The van der Waals surface area contributed by atoms with Crippen molar-refractivity contribution in [2.75, 3.05) is 6.54 Å². The summed E-state index contributed by atoms with van der Waals surface area (Å²) in [6.07, 6.45) is 3.53. The number of aliphatic hydroxyl groups is 1. The standard InChI is InChI=1S/C13H21NO2S/c1-13(2,16)10-14-12(15)8-4-3-6-11-7-5-9-17-11/h5,7,9,16H,3-4,6,8,10H2,1-2H3,(H,14,15). The zero-order valence-electron chi connectivity index (χ0n) is 10.5. The summed E-state index contributed by atoms with van der Waals surface area (Å²) in [5.41, 5.74) is -0.827.